The summed E-state index contributed by atoms with van der Waals surface area (Å²) in [6, 6.07) is 10.4. The maximum atomic E-state index is 3.01. The summed E-state index contributed by atoms with van der Waals surface area (Å²) in [6.07, 6.45) is 4.16. The van der Waals surface area contributed by atoms with Gasteiger partial charge in [-0.3, -0.25) is 0 Å². The highest BCUT2D eigenvalue weighted by molar-refractivity contribution is 5.32. The number of hydrogen-bond donors (Lipinski definition) is 0. The average molecular weight is 128 g/mol. The Morgan fingerprint density at radius 3 is 2.20 bits per heavy atom. The molecular weight excluding hydrogens is 120 g/mol. The van der Waals surface area contributed by atoms with E-state index >= 15 is 0 Å². The van der Waals surface area contributed by atoms with E-state index in [0.29, 0.717) is 5.92 Å². The third-order valence-corrected chi connectivity index (χ3v) is 1.74. The van der Waals surface area contributed by atoms with Gasteiger partial charge in [0.15, 0.2) is 0 Å². The molecule has 0 aliphatic heterocycles. The molecule has 0 atom stereocenters. The Labute approximate surface area is 60.5 Å². The zero-order valence-electron chi connectivity index (χ0n) is 5.62. The van der Waals surface area contributed by atoms with E-state index in [4.69, 9.17) is 0 Å². The van der Waals surface area contributed by atoms with Crippen LogP contribution in [-0.4, -0.2) is 0 Å². The SMILES string of the molecule is C1=CC(c2ccccc2)C=1. The van der Waals surface area contributed by atoms with Crippen molar-refractivity contribution in [3.05, 3.63) is 53.8 Å². The van der Waals surface area contributed by atoms with Crippen molar-refractivity contribution in [3.8, 4) is 0 Å². The molecule has 1 aromatic carbocycles. The Balaban J connectivity index is 2.28. The lowest BCUT2D eigenvalue weighted by Gasteiger charge is -2.09. The fraction of sp³-hybridized carbons (Fsp3) is 0.100. The van der Waals surface area contributed by atoms with E-state index in [2.05, 4.69) is 42.1 Å². The molecule has 0 heteroatoms. The third-order valence-electron chi connectivity index (χ3n) is 1.74. The monoisotopic (exact) mass is 128 g/mol. The van der Waals surface area contributed by atoms with Gasteiger partial charge in [-0.15, -0.1) is 5.73 Å². The van der Waals surface area contributed by atoms with Crippen LogP contribution in [0, 0.1) is 0 Å². The standard InChI is InChI=1S/C10H8/c1-2-5-9(6-3-1)10-7-4-8-10/h1-3,5-8,10H. The lowest BCUT2D eigenvalue weighted by molar-refractivity contribution is 1.05. The van der Waals surface area contributed by atoms with E-state index in [1.807, 2.05) is 6.07 Å². The molecule has 0 saturated carbocycles. The molecule has 0 fully saturated rings. The van der Waals surface area contributed by atoms with Gasteiger partial charge >= 0.3 is 0 Å². The van der Waals surface area contributed by atoms with E-state index in [1.54, 1.807) is 0 Å². The fourth-order valence-corrected chi connectivity index (χ4v) is 1.06. The molecule has 0 bridgehead atoms. The lowest BCUT2D eigenvalue weighted by Crippen LogP contribution is -1.93. The van der Waals surface area contributed by atoms with Crippen LogP contribution < -0.4 is 0 Å². The van der Waals surface area contributed by atoms with E-state index in [9.17, 15) is 0 Å². The summed E-state index contributed by atoms with van der Waals surface area (Å²) in [6.45, 7) is 0. The first kappa shape index (κ1) is 5.52. The van der Waals surface area contributed by atoms with Crippen LogP contribution in [0.25, 0.3) is 0 Å². The zero-order chi connectivity index (χ0) is 6.81. The molecule has 0 nitrogen and oxygen atoms in total. The number of hydrogen-bond acceptors (Lipinski definition) is 0. The molecule has 0 heterocycles. The molecule has 0 radical (unpaired) electrons. The van der Waals surface area contributed by atoms with E-state index in [-0.39, 0.29) is 0 Å². The Morgan fingerprint density at radius 1 is 1.00 bits per heavy atom. The normalized spacial score (nSPS) is 15.2. The third kappa shape index (κ3) is 0.792. The maximum Gasteiger partial charge on any atom is 0.0348 e. The van der Waals surface area contributed by atoms with Gasteiger partial charge < -0.3 is 0 Å². The second-order valence-electron chi connectivity index (χ2n) is 2.44. The highest BCUT2D eigenvalue weighted by atomic mass is 14.1. The molecule has 0 saturated heterocycles. The number of allylic oxidation sites excluding steroid dienone is 1. The Hall–Kier alpha value is -1.26. The van der Waals surface area contributed by atoms with Crippen molar-refractivity contribution >= 4 is 0 Å². The minimum atomic E-state index is 0.529. The Kier molecular flexibility index (Phi) is 1.20. The van der Waals surface area contributed by atoms with Gasteiger partial charge in [-0.25, -0.2) is 0 Å². The molecule has 0 aromatic heterocycles. The van der Waals surface area contributed by atoms with Gasteiger partial charge in [0.1, 0.15) is 0 Å². The van der Waals surface area contributed by atoms with Gasteiger partial charge in [-0.1, -0.05) is 30.3 Å². The van der Waals surface area contributed by atoms with Crippen LogP contribution in [0.3, 0.4) is 0 Å². The minimum absolute atomic E-state index is 0.529. The summed E-state index contributed by atoms with van der Waals surface area (Å²) in [4.78, 5) is 0. The molecule has 1 aliphatic carbocycles. The van der Waals surface area contributed by atoms with Gasteiger partial charge in [0.2, 0.25) is 0 Å². The van der Waals surface area contributed by atoms with Crippen LogP contribution in [-0.2, 0) is 0 Å². The van der Waals surface area contributed by atoms with Crippen molar-refractivity contribution in [2.24, 2.45) is 0 Å². The molecule has 0 unspecified atom stereocenters. The van der Waals surface area contributed by atoms with Crippen LogP contribution in [0.5, 0.6) is 0 Å². The minimum Gasteiger partial charge on any atom is -0.128 e. The van der Waals surface area contributed by atoms with Crippen LogP contribution in [0.4, 0.5) is 0 Å². The van der Waals surface area contributed by atoms with Crippen molar-refractivity contribution < 1.29 is 0 Å². The van der Waals surface area contributed by atoms with Crippen LogP contribution in [0.2, 0.25) is 0 Å². The van der Waals surface area contributed by atoms with E-state index in [1.165, 1.54) is 5.56 Å². The first-order valence-corrected chi connectivity index (χ1v) is 3.44. The summed E-state index contributed by atoms with van der Waals surface area (Å²) in [5, 5.41) is 0. The summed E-state index contributed by atoms with van der Waals surface area (Å²) >= 11 is 0. The van der Waals surface area contributed by atoms with Crippen molar-refractivity contribution in [2.75, 3.05) is 0 Å². The topological polar surface area (TPSA) is 0 Å². The van der Waals surface area contributed by atoms with Gasteiger partial charge in [0, 0.05) is 5.92 Å². The summed E-state index contributed by atoms with van der Waals surface area (Å²) in [5.74, 6) is 0.529. The smallest absolute Gasteiger partial charge is 0.0348 e. The largest absolute Gasteiger partial charge is 0.128 e. The van der Waals surface area contributed by atoms with Crippen LogP contribution in [0.15, 0.2) is 48.2 Å². The molecule has 0 spiro atoms. The second-order valence-corrected chi connectivity index (χ2v) is 2.44. The predicted octanol–water partition coefficient (Wildman–Crippen LogP) is 2.50. The van der Waals surface area contributed by atoms with Crippen molar-refractivity contribution in [1.29, 1.82) is 0 Å². The first-order valence-electron chi connectivity index (χ1n) is 3.44. The molecular formula is C10H8. The van der Waals surface area contributed by atoms with Crippen molar-refractivity contribution in [2.45, 2.75) is 5.92 Å². The van der Waals surface area contributed by atoms with Crippen LogP contribution >= 0.6 is 0 Å². The van der Waals surface area contributed by atoms with Crippen LogP contribution in [0.1, 0.15) is 11.5 Å². The quantitative estimate of drug-likeness (QED) is 0.510. The lowest BCUT2D eigenvalue weighted by atomic mass is 9.94. The molecule has 48 valence electrons. The van der Waals surface area contributed by atoms with E-state index in [0.717, 1.165) is 0 Å². The van der Waals surface area contributed by atoms with Gasteiger partial charge in [-0.2, -0.15) is 0 Å². The molecule has 1 aliphatic rings. The van der Waals surface area contributed by atoms with Gasteiger partial charge in [-0.05, 0) is 17.7 Å². The second kappa shape index (κ2) is 2.17. The molecule has 0 N–H and O–H groups in total. The summed E-state index contributed by atoms with van der Waals surface area (Å²) < 4.78 is 0. The first-order chi connectivity index (χ1) is 4.97. The Bertz CT molecular complexity index is 268. The predicted molar refractivity (Wildman–Crippen MR) is 41.8 cm³/mol. The number of benzene rings is 1. The highest BCUT2D eigenvalue weighted by Gasteiger charge is 2.05. The maximum absolute atomic E-state index is 3.01. The number of rotatable bonds is 1. The zero-order valence-corrected chi connectivity index (χ0v) is 5.62. The van der Waals surface area contributed by atoms with Gasteiger partial charge in [0.05, 0.1) is 0 Å². The van der Waals surface area contributed by atoms with Gasteiger partial charge in [0.25, 0.3) is 0 Å². The van der Waals surface area contributed by atoms with Crippen molar-refractivity contribution in [1.82, 2.24) is 0 Å². The van der Waals surface area contributed by atoms with E-state index < -0.39 is 0 Å². The molecule has 10 heavy (non-hydrogen) atoms. The Morgan fingerprint density at radius 2 is 1.70 bits per heavy atom. The fourth-order valence-electron chi connectivity index (χ4n) is 1.06. The molecule has 1 aromatic rings. The van der Waals surface area contributed by atoms with Crippen molar-refractivity contribution in [3.63, 3.8) is 0 Å². The average Bonchev–Trinajstić information content (AvgIpc) is 1.86. The molecule has 2 rings (SSSR count). The summed E-state index contributed by atoms with van der Waals surface area (Å²) in [7, 11) is 0. The summed E-state index contributed by atoms with van der Waals surface area (Å²) in [5.41, 5.74) is 4.37. The molecule has 0 amide bonds. The highest BCUT2D eigenvalue weighted by Crippen LogP contribution is 2.21.